The number of ketones is 1. The van der Waals surface area contributed by atoms with Crippen LogP contribution in [0.25, 0.3) is 6.08 Å². The number of allylic oxidation sites excluding steroid dienone is 1. The maximum absolute atomic E-state index is 12.6. The number of rotatable bonds is 7. The van der Waals surface area contributed by atoms with Crippen molar-refractivity contribution in [2.75, 3.05) is 7.11 Å². The summed E-state index contributed by atoms with van der Waals surface area (Å²) in [6, 6.07) is 9.66. The fraction of sp³-hybridized carbons (Fsp3) is 0.118. The van der Waals surface area contributed by atoms with Crippen LogP contribution in [0.3, 0.4) is 0 Å². The molecule has 130 valence electrons. The van der Waals surface area contributed by atoms with Crippen LogP contribution >= 0.6 is 0 Å². The Kier molecular flexibility index (Phi) is 5.78. The third-order valence-electron chi connectivity index (χ3n) is 3.19. The highest BCUT2D eigenvalue weighted by molar-refractivity contribution is 6.07. The third-order valence-corrected chi connectivity index (χ3v) is 3.19. The molecule has 2 aromatic carbocycles. The molecule has 0 aliphatic heterocycles. The predicted octanol–water partition coefficient (Wildman–Crippen LogP) is 4.10. The number of methoxy groups -OCH3 is 1. The molecule has 0 spiro atoms. The monoisotopic (exact) mass is 349 g/mol. The molecule has 2 aromatic rings. The third kappa shape index (κ3) is 4.60. The number of nitrogens with zero attached hydrogens (tertiary/aromatic N) is 1. The first-order chi connectivity index (χ1) is 11.9. The molecular weight excluding hydrogens is 336 g/mol. The van der Waals surface area contributed by atoms with E-state index >= 15 is 0 Å². The number of hydrogen-bond donors (Lipinski definition) is 0. The van der Waals surface area contributed by atoms with Crippen molar-refractivity contribution >= 4 is 17.5 Å². The van der Waals surface area contributed by atoms with Crippen LogP contribution in [0.2, 0.25) is 0 Å². The van der Waals surface area contributed by atoms with E-state index in [1.165, 1.54) is 43.5 Å². The number of carbonyl (C=O) groups excluding carboxylic acids is 1. The van der Waals surface area contributed by atoms with Gasteiger partial charge < -0.3 is 9.47 Å². The van der Waals surface area contributed by atoms with Crippen molar-refractivity contribution in [3.8, 4) is 11.5 Å². The molecule has 0 saturated carbocycles. The van der Waals surface area contributed by atoms with Gasteiger partial charge in [-0.3, -0.25) is 14.9 Å². The lowest BCUT2D eigenvalue weighted by Crippen LogP contribution is -2.05. The molecule has 0 radical (unpaired) electrons. The Morgan fingerprint density at radius 2 is 1.96 bits per heavy atom. The van der Waals surface area contributed by atoms with E-state index in [9.17, 15) is 23.7 Å². The molecule has 0 N–H and O–H groups in total. The van der Waals surface area contributed by atoms with E-state index in [2.05, 4.69) is 4.74 Å². The van der Waals surface area contributed by atoms with E-state index in [-0.39, 0.29) is 28.3 Å². The molecule has 0 unspecified atom stereocenters. The summed E-state index contributed by atoms with van der Waals surface area (Å²) < 4.78 is 34.6. The van der Waals surface area contributed by atoms with Gasteiger partial charge in [0.05, 0.1) is 12.0 Å². The highest BCUT2D eigenvalue weighted by Crippen LogP contribution is 2.33. The molecular formula is C17H13F2NO5. The Hall–Kier alpha value is -3.29. The van der Waals surface area contributed by atoms with Gasteiger partial charge >= 0.3 is 6.61 Å². The van der Waals surface area contributed by atoms with Gasteiger partial charge in [0.25, 0.3) is 5.69 Å². The lowest BCUT2D eigenvalue weighted by Gasteiger charge is -2.12. The SMILES string of the molecule is COc1cccc(/C=C/C(=O)c2cccc([N+](=O)[O-])c2)c1OC(F)F. The quantitative estimate of drug-likeness (QED) is 0.325. The maximum atomic E-state index is 12.6. The zero-order valence-corrected chi connectivity index (χ0v) is 13.0. The minimum Gasteiger partial charge on any atom is -0.493 e. The molecule has 0 atom stereocenters. The number of carbonyl (C=O) groups is 1. The van der Waals surface area contributed by atoms with E-state index in [0.717, 1.165) is 12.1 Å². The number of non-ortho nitro benzene ring substituents is 1. The van der Waals surface area contributed by atoms with Crippen molar-refractivity contribution < 1.29 is 28.0 Å². The average molecular weight is 349 g/mol. The van der Waals surface area contributed by atoms with E-state index in [1.807, 2.05) is 0 Å². The first-order valence-electron chi connectivity index (χ1n) is 7.01. The number of halogens is 2. The van der Waals surface area contributed by atoms with Gasteiger partial charge in [0, 0.05) is 23.3 Å². The molecule has 0 saturated heterocycles. The lowest BCUT2D eigenvalue weighted by molar-refractivity contribution is -0.384. The number of para-hydroxylation sites is 1. The number of ether oxygens (including phenoxy) is 2. The molecule has 2 rings (SSSR count). The summed E-state index contributed by atoms with van der Waals surface area (Å²) >= 11 is 0. The van der Waals surface area contributed by atoms with Gasteiger partial charge in [-0.25, -0.2) is 0 Å². The van der Waals surface area contributed by atoms with Crippen LogP contribution in [-0.4, -0.2) is 24.4 Å². The highest BCUT2D eigenvalue weighted by Gasteiger charge is 2.14. The fourth-order valence-corrected chi connectivity index (χ4v) is 2.07. The largest absolute Gasteiger partial charge is 0.493 e. The highest BCUT2D eigenvalue weighted by atomic mass is 19.3. The second kappa shape index (κ2) is 8.00. The van der Waals surface area contributed by atoms with Crippen molar-refractivity contribution in [3.63, 3.8) is 0 Å². The standard InChI is InChI=1S/C17H13F2NO5/c1-24-15-7-3-4-11(16(15)25-17(18)19)8-9-14(21)12-5-2-6-13(10-12)20(22)23/h2-10,17H,1H3/b9-8+. The van der Waals surface area contributed by atoms with E-state index in [0.29, 0.717) is 0 Å². The van der Waals surface area contributed by atoms with Gasteiger partial charge in [-0.2, -0.15) is 8.78 Å². The molecule has 6 nitrogen and oxygen atoms in total. The number of benzene rings is 2. The summed E-state index contributed by atoms with van der Waals surface area (Å²) in [5, 5.41) is 10.7. The Morgan fingerprint density at radius 3 is 2.60 bits per heavy atom. The summed E-state index contributed by atoms with van der Waals surface area (Å²) in [5.74, 6) is -0.636. The minimum absolute atomic E-state index is 0.0882. The van der Waals surface area contributed by atoms with Crippen molar-refractivity contribution in [2.24, 2.45) is 0 Å². The summed E-state index contributed by atoms with van der Waals surface area (Å²) in [5.41, 5.74) is 0.0884. The van der Waals surface area contributed by atoms with Crippen LogP contribution in [0.15, 0.2) is 48.5 Å². The fourth-order valence-electron chi connectivity index (χ4n) is 2.07. The Bertz CT molecular complexity index is 820. The van der Waals surface area contributed by atoms with Gasteiger partial charge in [0.15, 0.2) is 17.3 Å². The van der Waals surface area contributed by atoms with Crippen LogP contribution in [0.5, 0.6) is 11.5 Å². The molecule has 0 aromatic heterocycles. The lowest BCUT2D eigenvalue weighted by atomic mass is 10.1. The Labute approximate surface area is 141 Å². The van der Waals surface area contributed by atoms with Gasteiger partial charge in [-0.15, -0.1) is 0 Å². The van der Waals surface area contributed by atoms with Crippen LogP contribution in [-0.2, 0) is 0 Å². The van der Waals surface area contributed by atoms with Crippen molar-refractivity contribution in [3.05, 3.63) is 69.8 Å². The second-order valence-electron chi connectivity index (χ2n) is 4.76. The molecule has 0 bridgehead atoms. The first kappa shape index (κ1) is 18.1. The van der Waals surface area contributed by atoms with Gasteiger partial charge in [0.2, 0.25) is 0 Å². The van der Waals surface area contributed by atoms with Crippen LogP contribution in [0.4, 0.5) is 14.5 Å². The predicted molar refractivity (Wildman–Crippen MR) is 86.1 cm³/mol. The van der Waals surface area contributed by atoms with Crippen LogP contribution < -0.4 is 9.47 Å². The Morgan fingerprint density at radius 1 is 1.24 bits per heavy atom. The molecule has 0 aliphatic rings. The zero-order chi connectivity index (χ0) is 18.4. The number of alkyl halides is 2. The Balaban J connectivity index is 2.31. The van der Waals surface area contributed by atoms with E-state index < -0.39 is 17.3 Å². The van der Waals surface area contributed by atoms with Gasteiger partial charge in [0.1, 0.15) is 0 Å². The molecule has 0 aliphatic carbocycles. The molecule has 0 fully saturated rings. The van der Waals surface area contributed by atoms with Crippen LogP contribution in [0.1, 0.15) is 15.9 Å². The average Bonchev–Trinajstić information content (AvgIpc) is 2.60. The number of hydrogen-bond acceptors (Lipinski definition) is 5. The summed E-state index contributed by atoms with van der Waals surface area (Å²) in [4.78, 5) is 22.3. The molecule has 0 heterocycles. The summed E-state index contributed by atoms with van der Waals surface area (Å²) in [6.45, 7) is -3.06. The van der Waals surface area contributed by atoms with Gasteiger partial charge in [-0.1, -0.05) is 24.3 Å². The van der Waals surface area contributed by atoms with Crippen molar-refractivity contribution in [1.82, 2.24) is 0 Å². The minimum atomic E-state index is -3.06. The maximum Gasteiger partial charge on any atom is 0.387 e. The molecule has 25 heavy (non-hydrogen) atoms. The molecule has 0 amide bonds. The van der Waals surface area contributed by atoms with E-state index in [4.69, 9.17) is 4.74 Å². The number of nitro benzene ring substituents is 1. The topological polar surface area (TPSA) is 78.7 Å². The summed E-state index contributed by atoms with van der Waals surface area (Å²) in [7, 11) is 1.30. The van der Waals surface area contributed by atoms with E-state index in [1.54, 1.807) is 6.07 Å². The molecule has 8 heteroatoms. The summed E-state index contributed by atoms with van der Waals surface area (Å²) in [6.07, 6.45) is 2.40. The van der Waals surface area contributed by atoms with Crippen molar-refractivity contribution in [2.45, 2.75) is 6.61 Å². The first-order valence-corrected chi connectivity index (χ1v) is 7.01. The normalized spacial score (nSPS) is 10.9. The smallest absolute Gasteiger partial charge is 0.387 e. The van der Waals surface area contributed by atoms with Gasteiger partial charge in [-0.05, 0) is 18.2 Å². The zero-order valence-electron chi connectivity index (χ0n) is 13.0. The second-order valence-corrected chi connectivity index (χ2v) is 4.76. The van der Waals surface area contributed by atoms with Crippen LogP contribution in [0, 0.1) is 10.1 Å². The van der Waals surface area contributed by atoms with Crippen molar-refractivity contribution in [1.29, 1.82) is 0 Å². The number of nitro groups is 1.